The van der Waals surface area contributed by atoms with E-state index in [4.69, 9.17) is 4.74 Å². The number of amides is 2. The highest BCUT2D eigenvalue weighted by atomic mass is 32.1. The molecule has 2 aromatic rings. The number of methoxy groups -OCH3 is 1. The predicted octanol–water partition coefficient (Wildman–Crippen LogP) is 3.39. The number of carbonyl (C=O) groups is 2. The van der Waals surface area contributed by atoms with Gasteiger partial charge < -0.3 is 14.5 Å². The van der Waals surface area contributed by atoms with Gasteiger partial charge in [-0.1, -0.05) is 6.07 Å². The maximum atomic E-state index is 13.1. The summed E-state index contributed by atoms with van der Waals surface area (Å²) in [4.78, 5) is 29.2. The number of nitrogens with zero attached hydrogens (tertiary/aromatic N) is 2. The Bertz CT molecular complexity index is 804. The molecule has 3 rings (SSSR count). The van der Waals surface area contributed by atoms with Crippen LogP contribution in [0.15, 0.2) is 35.0 Å². The highest BCUT2D eigenvalue weighted by molar-refractivity contribution is 7.07. The summed E-state index contributed by atoms with van der Waals surface area (Å²) in [5.74, 6) is -0.272. The van der Waals surface area contributed by atoms with E-state index in [1.54, 1.807) is 23.3 Å². The topological polar surface area (TPSA) is 49.9 Å². The SMILES string of the molecule is COCCN(Cc1ccsc1)C(=O)[C@H]1CC(=O)N(c2ccc(C)c(C)c2)C1. The number of carbonyl (C=O) groups excluding carboxylic acids is 2. The smallest absolute Gasteiger partial charge is 0.228 e. The molecule has 1 aliphatic rings. The zero-order chi connectivity index (χ0) is 19.4. The van der Waals surface area contributed by atoms with Gasteiger partial charge in [-0.15, -0.1) is 0 Å². The molecule has 0 aliphatic carbocycles. The number of aryl methyl sites for hydroxylation is 2. The highest BCUT2D eigenvalue weighted by Crippen LogP contribution is 2.28. The standard InChI is InChI=1S/C21H26N2O3S/c1-15-4-5-19(10-16(15)2)23-13-18(11-20(23)24)21(25)22(7-8-26-3)12-17-6-9-27-14-17/h4-6,9-10,14,18H,7-8,11-13H2,1-3H3/t18-/m0/s1. The summed E-state index contributed by atoms with van der Waals surface area (Å²) in [6.45, 7) is 6.09. The lowest BCUT2D eigenvalue weighted by atomic mass is 10.1. The van der Waals surface area contributed by atoms with Crippen LogP contribution >= 0.6 is 11.3 Å². The van der Waals surface area contributed by atoms with E-state index in [-0.39, 0.29) is 24.2 Å². The molecular formula is C21H26N2O3S. The minimum atomic E-state index is -0.311. The minimum Gasteiger partial charge on any atom is -0.383 e. The van der Waals surface area contributed by atoms with Crippen LogP contribution in [0.1, 0.15) is 23.1 Å². The number of rotatable bonds is 7. The van der Waals surface area contributed by atoms with Crippen LogP contribution in [0.4, 0.5) is 5.69 Å². The molecule has 0 unspecified atom stereocenters. The quantitative estimate of drug-likeness (QED) is 0.733. The largest absolute Gasteiger partial charge is 0.383 e. The minimum absolute atomic E-state index is 0.0128. The van der Waals surface area contributed by atoms with Gasteiger partial charge in [-0.3, -0.25) is 9.59 Å². The van der Waals surface area contributed by atoms with Crippen molar-refractivity contribution in [3.63, 3.8) is 0 Å². The molecule has 0 N–H and O–H groups in total. The van der Waals surface area contributed by atoms with E-state index >= 15 is 0 Å². The van der Waals surface area contributed by atoms with E-state index in [0.717, 1.165) is 16.8 Å². The Morgan fingerprint density at radius 3 is 2.78 bits per heavy atom. The molecule has 1 saturated heterocycles. The molecule has 1 aromatic carbocycles. The summed E-state index contributed by atoms with van der Waals surface area (Å²) < 4.78 is 5.17. The third-order valence-electron chi connectivity index (χ3n) is 5.11. The van der Waals surface area contributed by atoms with Crippen molar-refractivity contribution in [2.45, 2.75) is 26.8 Å². The molecule has 144 valence electrons. The van der Waals surface area contributed by atoms with Crippen molar-refractivity contribution < 1.29 is 14.3 Å². The van der Waals surface area contributed by atoms with Crippen LogP contribution in [0.2, 0.25) is 0 Å². The lowest BCUT2D eigenvalue weighted by Gasteiger charge is -2.25. The average Bonchev–Trinajstić information content (AvgIpc) is 3.30. The van der Waals surface area contributed by atoms with Crippen LogP contribution in [0.25, 0.3) is 0 Å². The zero-order valence-corrected chi connectivity index (χ0v) is 16.9. The maximum absolute atomic E-state index is 13.1. The van der Waals surface area contributed by atoms with Crippen molar-refractivity contribution >= 4 is 28.8 Å². The number of benzene rings is 1. The molecular weight excluding hydrogens is 360 g/mol. The summed E-state index contributed by atoms with van der Waals surface area (Å²) >= 11 is 1.62. The average molecular weight is 387 g/mol. The Hall–Kier alpha value is -2.18. The van der Waals surface area contributed by atoms with E-state index in [9.17, 15) is 9.59 Å². The number of thiophene rings is 1. The van der Waals surface area contributed by atoms with Gasteiger partial charge in [0.05, 0.1) is 12.5 Å². The summed E-state index contributed by atoms with van der Waals surface area (Å²) in [6, 6.07) is 8.03. The van der Waals surface area contributed by atoms with Crippen LogP contribution < -0.4 is 4.90 Å². The van der Waals surface area contributed by atoms with Gasteiger partial charge in [0.2, 0.25) is 11.8 Å². The third-order valence-corrected chi connectivity index (χ3v) is 5.84. The molecule has 0 saturated carbocycles. The maximum Gasteiger partial charge on any atom is 0.228 e. The van der Waals surface area contributed by atoms with Crippen molar-refractivity contribution in [1.82, 2.24) is 4.90 Å². The first-order valence-corrected chi connectivity index (χ1v) is 10.1. The lowest BCUT2D eigenvalue weighted by molar-refractivity contribution is -0.137. The van der Waals surface area contributed by atoms with Crippen molar-refractivity contribution in [1.29, 1.82) is 0 Å². The first-order chi connectivity index (χ1) is 13.0. The Kier molecular flexibility index (Phi) is 6.29. The van der Waals surface area contributed by atoms with Crippen LogP contribution in [0.3, 0.4) is 0 Å². The van der Waals surface area contributed by atoms with E-state index in [1.165, 1.54) is 5.56 Å². The number of anilines is 1. The fourth-order valence-electron chi connectivity index (χ4n) is 3.35. The molecule has 1 atom stereocenters. The summed E-state index contributed by atoms with van der Waals surface area (Å²) in [5, 5.41) is 4.06. The van der Waals surface area contributed by atoms with E-state index in [1.807, 2.05) is 46.8 Å². The molecule has 2 amide bonds. The molecule has 27 heavy (non-hydrogen) atoms. The Morgan fingerprint density at radius 1 is 1.30 bits per heavy atom. The second-order valence-electron chi connectivity index (χ2n) is 7.06. The lowest BCUT2D eigenvalue weighted by Crippen LogP contribution is -2.39. The van der Waals surface area contributed by atoms with Gasteiger partial charge in [0.15, 0.2) is 0 Å². The van der Waals surface area contributed by atoms with Crippen LogP contribution in [-0.4, -0.2) is 43.5 Å². The summed E-state index contributed by atoms with van der Waals surface area (Å²) in [5.41, 5.74) is 4.33. The van der Waals surface area contributed by atoms with Gasteiger partial charge in [-0.2, -0.15) is 11.3 Å². The van der Waals surface area contributed by atoms with Gasteiger partial charge in [0, 0.05) is 38.9 Å². The summed E-state index contributed by atoms with van der Waals surface area (Å²) in [6.07, 6.45) is 0.263. The third kappa shape index (κ3) is 4.57. The number of ether oxygens (including phenoxy) is 1. The second-order valence-corrected chi connectivity index (χ2v) is 7.84. The van der Waals surface area contributed by atoms with Crippen LogP contribution in [-0.2, 0) is 20.9 Å². The monoisotopic (exact) mass is 386 g/mol. The van der Waals surface area contributed by atoms with Crippen molar-refractivity contribution in [3.8, 4) is 0 Å². The van der Waals surface area contributed by atoms with Crippen molar-refractivity contribution in [2.75, 3.05) is 31.7 Å². The molecule has 6 heteroatoms. The number of hydrogen-bond donors (Lipinski definition) is 0. The van der Waals surface area contributed by atoms with E-state index in [2.05, 4.69) is 6.92 Å². The van der Waals surface area contributed by atoms with Crippen molar-refractivity contribution in [2.24, 2.45) is 5.92 Å². The second kappa shape index (κ2) is 8.67. The summed E-state index contributed by atoms with van der Waals surface area (Å²) in [7, 11) is 1.63. The highest BCUT2D eigenvalue weighted by Gasteiger charge is 2.37. The Morgan fingerprint density at radius 2 is 2.11 bits per heavy atom. The molecule has 0 spiro atoms. The Labute approximate surface area is 164 Å². The molecule has 0 bridgehead atoms. The molecule has 1 aromatic heterocycles. The van der Waals surface area contributed by atoms with Crippen LogP contribution in [0.5, 0.6) is 0 Å². The fourth-order valence-corrected chi connectivity index (χ4v) is 4.01. The van der Waals surface area contributed by atoms with Gasteiger partial charge in [-0.25, -0.2) is 0 Å². The van der Waals surface area contributed by atoms with Crippen LogP contribution in [0, 0.1) is 19.8 Å². The Balaban J connectivity index is 1.72. The molecule has 1 fully saturated rings. The van der Waals surface area contributed by atoms with E-state index < -0.39 is 0 Å². The predicted molar refractivity (Wildman–Crippen MR) is 108 cm³/mol. The normalized spacial score (nSPS) is 16.8. The first-order valence-electron chi connectivity index (χ1n) is 9.16. The molecule has 5 nitrogen and oxygen atoms in total. The van der Waals surface area contributed by atoms with Gasteiger partial charge in [-0.05, 0) is 59.5 Å². The molecule has 2 heterocycles. The zero-order valence-electron chi connectivity index (χ0n) is 16.1. The van der Waals surface area contributed by atoms with Crippen molar-refractivity contribution in [3.05, 3.63) is 51.7 Å². The van der Waals surface area contributed by atoms with Gasteiger partial charge in [0.25, 0.3) is 0 Å². The molecule has 1 aliphatic heterocycles. The fraction of sp³-hybridized carbons (Fsp3) is 0.429. The van der Waals surface area contributed by atoms with Gasteiger partial charge in [0.1, 0.15) is 0 Å². The number of hydrogen-bond acceptors (Lipinski definition) is 4. The van der Waals surface area contributed by atoms with E-state index in [0.29, 0.717) is 26.2 Å². The molecule has 0 radical (unpaired) electrons. The van der Waals surface area contributed by atoms with Gasteiger partial charge >= 0.3 is 0 Å². The first kappa shape index (κ1) is 19.6.